The highest BCUT2D eigenvalue weighted by Crippen LogP contribution is 2.16. The van der Waals surface area contributed by atoms with E-state index in [1.54, 1.807) is 0 Å². The van der Waals surface area contributed by atoms with E-state index in [0.717, 1.165) is 17.7 Å². The Morgan fingerprint density at radius 3 is 2.55 bits per heavy atom. The smallest absolute Gasteiger partial charge is 0.135 e. The summed E-state index contributed by atoms with van der Waals surface area (Å²) in [5.74, 6) is 1.14. The molecule has 0 amide bonds. The Labute approximate surface area is 140 Å². The summed E-state index contributed by atoms with van der Waals surface area (Å²) in [4.78, 5) is 11.6. The third-order valence-corrected chi connectivity index (χ3v) is 4.10. The first kappa shape index (κ1) is 19.1. The lowest BCUT2D eigenvalue weighted by atomic mass is 9.96. The van der Waals surface area contributed by atoms with E-state index in [1.165, 1.54) is 0 Å². The largest absolute Gasteiger partial charge is 0.491 e. The van der Waals surface area contributed by atoms with Gasteiger partial charge in [0, 0.05) is 17.7 Å². The fraction of sp³-hybridized carbons (Fsp3) is 0.588. The highest BCUT2D eigenvalue weighted by molar-refractivity contribution is 9.09. The van der Waals surface area contributed by atoms with Crippen LogP contribution in [-0.4, -0.2) is 42.1 Å². The maximum atomic E-state index is 11.6. The number of rotatable bonds is 11. The van der Waals surface area contributed by atoms with Gasteiger partial charge in [0.25, 0.3) is 0 Å². The minimum atomic E-state index is -0.480. The molecule has 0 fully saturated rings. The number of halogens is 1. The first-order valence-corrected chi connectivity index (χ1v) is 8.75. The molecule has 0 aromatic heterocycles. The number of benzene rings is 1. The molecule has 2 unspecified atom stereocenters. The Morgan fingerprint density at radius 2 is 1.95 bits per heavy atom. The van der Waals surface area contributed by atoms with Crippen molar-refractivity contribution in [2.75, 3.05) is 25.2 Å². The minimum absolute atomic E-state index is 0.0611. The number of ketones is 1. The number of hydrogen-bond donors (Lipinski definition) is 1. The molecule has 0 spiro atoms. The number of aliphatic hydroxyl groups is 1. The van der Waals surface area contributed by atoms with Gasteiger partial charge in [0.05, 0.1) is 19.3 Å². The molecule has 22 heavy (non-hydrogen) atoms. The Kier molecular flexibility index (Phi) is 9.36. The molecule has 1 aromatic rings. The van der Waals surface area contributed by atoms with E-state index >= 15 is 0 Å². The molecule has 0 aliphatic carbocycles. The number of aliphatic hydroxyl groups excluding tert-OH is 1. The van der Waals surface area contributed by atoms with Crippen molar-refractivity contribution in [3.8, 4) is 5.75 Å². The van der Waals surface area contributed by atoms with Crippen molar-refractivity contribution in [3.63, 3.8) is 0 Å². The Bertz CT molecular complexity index is 433. The number of alkyl halides is 1. The van der Waals surface area contributed by atoms with Gasteiger partial charge in [-0.05, 0) is 24.1 Å². The highest BCUT2D eigenvalue weighted by atomic mass is 79.9. The number of hydrogen-bond acceptors (Lipinski definition) is 4. The summed E-state index contributed by atoms with van der Waals surface area (Å²) in [6.07, 6.45) is 0.874. The predicted octanol–water partition coefficient (Wildman–Crippen LogP) is 3.00. The van der Waals surface area contributed by atoms with Crippen molar-refractivity contribution in [3.05, 3.63) is 29.8 Å². The van der Waals surface area contributed by atoms with Gasteiger partial charge in [0.1, 0.15) is 18.1 Å². The highest BCUT2D eigenvalue weighted by Gasteiger charge is 2.11. The van der Waals surface area contributed by atoms with Gasteiger partial charge < -0.3 is 14.6 Å². The molecule has 0 aliphatic rings. The third kappa shape index (κ3) is 7.38. The molecule has 0 bridgehead atoms. The van der Waals surface area contributed by atoms with Crippen molar-refractivity contribution < 1.29 is 19.4 Å². The molecule has 5 heteroatoms. The molecule has 0 aliphatic heterocycles. The van der Waals surface area contributed by atoms with Crippen LogP contribution >= 0.6 is 15.9 Å². The number of carbonyl (C=O) groups excluding carboxylic acids is 1. The Morgan fingerprint density at radius 1 is 1.27 bits per heavy atom. The van der Waals surface area contributed by atoms with Gasteiger partial charge >= 0.3 is 0 Å². The lowest BCUT2D eigenvalue weighted by Gasteiger charge is -2.11. The summed E-state index contributed by atoms with van der Waals surface area (Å²) in [7, 11) is 0. The predicted molar refractivity (Wildman–Crippen MR) is 90.7 cm³/mol. The van der Waals surface area contributed by atoms with E-state index in [2.05, 4.69) is 15.9 Å². The van der Waals surface area contributed by atoms with Gasteiger partial charge in [0.15, 0.2) is 0 Å². The van der Waals surface area contributed by atoms with Crippen molar-refractivity contribution >= 4 is 21.7 Å². The van der Waals surface area contributed by atoms with Crippen molar-refractivity contribution in [1.82, 2.24) is 0 Å². The van der Waals surface area contributed by atoms with Crippen molar-refractivity contribution in [1.29, 1.82) is 0 Å². The van der Waals surface area contributed by atoms with Crippen LogP contribution in [0.15, 0.2) is 24.3 Å². The zero-order chi connectivity index (χ0) is 16.4. The summed E-state index contributed by atoms with van der Waals surface area (Å²) in [5, 5.41) is 9.81. The van der Waals surface area contributed by atoms with E-state index in [9.17, 15) is 9.90 Å². The summed E-state index contributed by atoms with van der Waals surface area (Å²) >= 11 is 3.18. The average Bonchev–Trinajstić information content (AvgIpc) is 2.54. The lowest BCUT2D eigenvalue weighted by Crippen LogP contribution is -2.18. The van der Waals surface area contributed by atoms with E-state index in [0.29, 0.717) is 37.4 Å². The van der Waals surface area contributed by atoms with Crippen LogP contribution in [0.4, 0.5) is 0 Å². The molecule has 124 valence electrons. The zero-order valence-corrected chi connectivity index (χ0v) is 14.8. The van der Waals surface area contributed by atoms with Gasteiger partial charge in [-0.3, -0.25) is 4.79 Å². The summed E-state index contributed by atoms with van der Waals surface area (Å²) in [6.45, 7) is 5.05. The summed E-state index contributed by atoms with van der Waals surface area (Å²) in [5.41, 5.74) is 1.14. The first-order valence-electron chi connectivity index (χ1n) is 7.63. The maximum Gasteiger partial charge on any atom is 0.135 e. The van der Waals surface area contributed by atoms with Crippen LogP contribution in [0.5, 0.6) is 5.75 Å². The van der Waals surface area contributed by atoms with Gasteiger partial charge in [-0.2, -0.15) is 0 Å². The SMILES string of the molecule is CCC(=O)C(C)Cc1ccc(OCCOCC(O)CBr)cc1. The topological polar surface area (TPSA) is 55.8 Å². The molecule has 0 heterocycles. The second kappa shape index (κ2) is 10.8. The quantitative estimate of drug-likeness (QED) is 0.479. The van der Waals surface area contributed by atoms with Gasteiger partial charge in [-0.15, -0.1) is 0 Å². The molecule has 1 aromatic carbocycles. The number of carbonyl (C=O) groups is 1. The van der Waals surface area contributed by atoms with Gasteiger partial charge in [-0.1, -0.05) is 41.9 Å². The number of ether oxygens (including phenoxy) is 2. The second-order valence-electron chi connectivity index (χ2n) is 5.30. The molecule has 0 radical (unpaired) electrons. The Balaban J connectivity index is 2.28. The monoisotopic (exact) mass is 372 g/mol. The zero-order valence-electron chi connectivity index (χ0n) is 13.3. The van der Waals surface area contributed by atoms with Crippen LogP contribution in [0, 0.1) is 5.92 Å². The molecule has 0 saturated carbocycles. The van der Waals surface area contributed by atoms with Crippen molar-refractivity contribution in [2.24, 2.45) is 5.92 Å². The average molecular weight is 373 g/mol. The minimum Gasteiger partial charge on any atom is -0.491 e. The van der Waals surface area contributed by atoms with E-state index in [4.69, 9.17) is 9.47 Å². The fourth-order valence-electron chi connectivity index (χ4n) is 2.02. The fourth-order valence-corrected chi connectivity index (χ4v) is 2.21. The first-order chi connectivity index (χ1) is 10.6. The van der Waals surface area contributed by atoms with Crippen molar-refractivity contribution in [2.45, 2.75) is 32.8 Å². The van der Waals surface area contributed by atoms with Crippen LogP contribution < -0.4 is 4.74 Å². The van der Waals surface area contributed by atoms with Crippen LogP contribution in [0.1, 0.15) is 25.8 Å². The third-order valence-electron chi connectivity index (χ3n) is 3.35. The molecule has 4 nitrogen and oxygen atoms in total. The van der Waals surface area contributed by atoms with Crippen LogP contribution in [0.25, 0.3) is 0 Å². The van der Waals surface area contributed by atoms with Crippen LogP contribution in [0.2, 0.25) is 0 Å². The standard InChI is InChI=1S/C17H25BrO4/c1-3-17(20)13(2)10-14-4-6-16(7-5-14)22-9-8-21-12-15(19)11-18/h4-7,13,15,19H,3,8-12H2,1-2H3. The molecule has 1 N–H and O–H groups in total. The van der Waals surface area contributed by atoms with E-state index < -0.39 is 6.10 Å². The molecule has 1 rings (SSSR count). The van der Waals surface area contributed by atoms with E-state index in [-0.39, 0.29) is 5.92 Å². The summed E-state index contributed by atoms with van der Waals surface area (Å²) in [6, 6.07) is 7.80. The lowest BCUT2D eigenvalue weighted by molar-refractivity contribution is -0.122. The van der Waals surface area contributed by atoms with Crippen LogP contribution in [0.3, 0.4) is 0 Å². The maximum absolute atomic E-state index is 11.6. The molecular formula is C17H25BrO4. The normalized spacial score (nSPS) is 13.6. The Hall–Kier alpha value is -0.910. The van der Waals surface area contributed by atoms with Crippen LogP contribution in [-0.2, 0) is 16.0 Å². The van der Waals surface area contributed by atoms with E-state index in [1.807, 2.05) is 38.1 Å². The molecule has 0 saturated heterocycles. The van der Waals surface area contributed by atoms with Gasteiger partial charge in [0.2, 0.25) is 0 Å². The summed E-state index contributed by atoms with van der Waals surface area (Å²) < 4.78 is 10.8. The molecular weight excluding hydrogens is 348 g/mol. The van der Waals surface area contributed by atoms with Gasteiger partial charge in [-0.25, -0.2) is 0 Å². The second-order valence-corrected chi connectivity index (χ2v) is 5.95. The molecule has 2 atom stereocenters. The number of Topliss-reactive ketones (excluding diaryl/α,β-unsaturated/α-hetero) is 1.